The van der Waals surface area contributed by atoms with Crippen molar-refractivity contribution in [3.63, 3.8) is 0 Å². The van der Waals surface area contributed by atoms with Crippen molar-refractivity contribution in [2.24, 2.45) is 0 Å². The van der Waals surface area contributed by atoms with Crippen LogP contribution in [0.2, 0.25) is 0 Å². The van der Waals surface area contributed by atoms with Gasteiger partial charge in [0.15, 0.2) is 0 Å². The lowest BCUT2D eigenvalue weighted by Gasteiger charge is -2.07. The highest BCUT2D eigenvalue weighted by atomic mass is 79.9. The monoisotopic (exact) mass is 417 g/mol. The molecule has 0 N–H and O–H groups in total. The van der Waals surface area contributed by atoms with E-state index in [4.69, 9.17) is 4.74 Å². The summed E-state index contributed by atoms with van der Waals surface area (Å²) in [6.45, 7) is -0.193. The number of nitrogens with zero attached hydrogens (tertiary/aromatic N) is 3. The molecule has 0 bridgehead atoms. The Balaban J connectivity index is 1.72. The average molecular weight is 418 g/mol. The van der Waals surface area contributed by atoms with Gasteiger partial charge >= 0.3 is 5.97 Å². The maximum absolute atomic E-state index is 12.1. The van der Waals surface area contributed by atoms with Crippen LogP contribution in [0.15, 0.2) is 57.9 Å². The van der Waals surface area contributed by atoms with Crippen LogP contribution in [0, 0.1) is 10.1 Å². The van der Waals surface area contributed by atoms with Crippen molar-refractivity contribution in [2.75, 3.05) is 0 Å². The van der Waals surface area contributed by atoms with Gasteiger partial charge in [-0.1, -0.05) is 18.2 Å². The fourth-order valence-corrected chi connectivity index (χ4v) is 2.74. The summed E-state index contributed by atoms with van der Waals surface area (Å²) in [5.74, 6) is -0.642. The first-order valence-electron chi connectivity index (χ1n) is 7.50. The lowest BCUT2D eigenvalue weighted by Crippen LogP contribution is -2.17. The van der Waals surface area contributed by atoms with Gasteiger partial charge < -0.3 is 4.74 Å². The molecule has 0 unspecified atom stereocenters. The Labute approximate surface area is 155 Å². The van der Waals surface area contributed by atoms with Crippen LogP contribution in [-0.2, 0) is 22.6 Å². The fraction of sp³-hybridized carbons (Fsp3) is 0.118. The topological polar surface area (TPSA) is 104 Å². The van der Waals surface area contributed by atoms with E-state index in [1.54, 1.807) is 24.4 Å². The summed E-state index contributed by atoms with van der Waals surface area (Å²) in [4.78, 5) is 38.8. The number of carbonyl (C=O) groups is 1. The standard InChI is InChI=1S/C17H12BrN3O5/c18-12-5-6-15-19-13(8-16(22)20(15)9-12)10-26-17(23)7-11-3-1-2-4-14(11)21(24)25/h1-6,8-9H,7,10H2. The summed E-state index contributed by atoms with van der Waals surface area (Å²) in [6.07, 6.45) is 1.35. The largest absolute Gasteiger partial charge is 0.459 e. The summed E-state index contributed by atoms with van der Waals surface area (Å²) in [6, 6.07) is 10.6. The molecule has 2 aromatic heterocycles. The molecule has 1 aromatic carbocycles. The van der Waals surface area contributed by atoms with Gasteiger partial charge in [-0.25, -0.2) is 4.98 Å². The molecule has 3 aromatic rings. The lowest BCUT2D eigenvalue weighted by molar-refractivity contribution is -0.385. The molecule has 0 aliphatic carbocycles. The van der Waals surface area contributed by atoms with Crippen LogP contribution in [0.1, 0.15) is 11.3 Å². The lowest BCUT2D eigenvalue weighted by atomic mass is 10.1. The molecule has 0 aliphatic rings. The van der Waals surface area contributed by atoms with E-state index in [0.717, 1.165) is 4.47 Å². The number of rotatable bonds is 5. The van der Waals surface area contributed by atoms with Gasteiger partial charge in [-0.15, -0.1) is 0 Å². The molecule has 8 nitrogen and oxygen atoms in total. The van der Waals surface area contributed by atoms with Gasteiger partial charge in [-0.05, 0) is 28.1 Å². The Morgan fingerprint density at radius 1 is 1.27 bits per heavy atom. The van der Waals surface area contributed by atoms with E-state index >= 15 is 0 Å². The molecular weight excluding hydrogens is 406 g/mol. The predicted octanol–water partition coefficient (Wildman–Crippen LogP) is 2.65. The Bertz CT molecular complexity index is 1060. The molecule has 9 heteroatoms. The molecule has 0 amide bonds. The maximum atomic E-state index is 12.1. The number of hydrogen-bond donors (Lipinski definition) is 0. The molecule has 0 fully saturated rings. The minimum Gasteiger partial charge on any atom is -0.459 e. The number of ether oxygens (including phenoxy) is 1. The van der Waals surface area contributed by atoms with Gasteiger partial charge in [-0.3, -0.25) is 24.1 Å². The van der Waals surface area contributed by atoms with Gasteiger partial charge in [0.25, 0.3) is 11.2 Å². The molecule has 26 heavy (non-hydrogen) atoms. The molecule has 3 rings (SSSR count). The zero-order chi connectivity index (χ0) is 18.7. The minimum absolute atomic E-state index is 0.142. The molecule has 0 saturated heterocycles. The normalized spacial score (nSPS) is 10.7. The quantitative estimate of drug-likeness (QED) is 0.359. The third kappa shape index (κ3) is 3.94. The summed E-state index contributed by atoms with van der Waals surface area (Å²) < 4.78 is 7.21. The summed E-state index contributed by atoms with van der Waals surface area (Å²) in [5.41, 5.74) is 0.538. The number of benzene rings is 1. The average Bonchev–Trinajstić information content (AvgIpc) is 2.61. The van der Waals surface area contributed by atoms with E-state index in [2.05, 4.69) is 20.9 Å². The summed E-state index contributed by atoms with van der Waals surface area (Å²) in [7, 11) is 0. The molecule has 0 aliphatic heterocycles. The maximum Gasteiger partial charge on any atom is 0.310 e. The van der Waals surface area contributed by atoms with Crippen molar-refractivity contribution >= 4 is 33.2 Å². The minimum atomic E-state index is -0.642. The highest BCUT2D eigenvalue weighted by molar-refractivity contribution is 9.10. The molecule has 2 heterocycles. The highest BCUT2D eigenvalue weighted by Gasteiger charge is 2.16. The van der Waals surface area contributed by atoms with Crippen LogP contribution in [0.4, 0.5) is 5.69 Å². The van der Waals surface area contributed by atoms with Gasteiger partial charge in [0, 0.05) is 28.4 Å². The first-order chi connectivity index (χ1) is 12.4. The van der Waals surface area contributed by atoms with Crippen LogP contribution < -0.4 is 5.56 Å². The van der Waals surface area contributed by atoms with Crippen molar-refractivity contribution in [2.45, 2.75) is 13.0 Å². The molecule has 0 atom stereocenters. The van der Waals surface area contributed by atoms with Gasteiger partial charge in [0.05, 0.1) is 17.0 Å². The number of nitro benzene ring substituents is 1. The molecule has 0 radical (unpaired) electrons. The second-order valence-electron chi connectivity index (χ2n) is 5.38. The highest BCUT2D eigenvalue weighted by Crippen LogP contribution is 2.18. The Morgan fingerprint density at radius 2 is 2.04 bits per heavy atom. The van der Waals surface area contributed by atoms with Crippen LogP contribution >= 0.6 is 15.9 Å². The number of pyridine rings is 1. The van der Waals surface area contributed by atoms with Crippen molar-refractivity contribution in [1.82, 2.24) is 9.38 Å². The summed E-state index contributed by atoms with van der Waals surface area (Å²) in [5, 5.41) is 11.0. The van der Waals surface area contributed by atoms with Gasteiger partial charge in [-0.2, -0.15) is 0 Å². The second-order valence-corrected chi connectivity index (χ2v) is 6.30. The van der Waals surface area contributed by atoms with E-state index in [0.29, 0.717) is 11.3 Å². The van der Waals surface area contributed by atoms with Crippen LogP contribution in [0.25, 0.3) is 5.65 Å². The second kappa shape index (κ2) is 7.44. The molecule has 132 valence electrons. The number of para-hydroxylation sites is 1. The van der Waals surface area contributed by atoms with Crippen molar-refractivity contribution in [1.29, 1.82) is 0 Å². The number of carbonyl (C=O) groups excluding carboxylic acids is 1. The van der Waals surface area contributed by atoms with Crippen molar-refractivity contribution < 1.29 is 14.5 Å². The van der Waals surface area contributed by atoms with Gasteiger partial charge in [0.1, 0.15) is 12.3 Å². The smallest absolute Gasteiger partial charge is 0.310 e. The van der Waals surface area contributed by atoms with E-state index in [1.165, 1.54) is 28.7 Å². The third-order valence-electron chi connectivity index (χ3n) is 3.58. The van der Waals surface area contributed by atoms with E-state index in [1.807, 2.05) is 0 Å². The van der Waals surface area contributed by atoms with Crippen LogP contribution in [0.3, 0.4) is 0 Å². The molecule has 0 saturated carbocycles. The van der Waals surface area contributed by atoms with Crippen LogP contribution in [-0.4, -0.2) is 20.3 Å². The first-order valence-corrected chi connectivity index (χ1v) is 8.29. The number of hydrogen-bond acceptors (Lipinski definition) is 6. The number of esters is 1. The number of fused-ring (bicyclic) bond motifs is 1. The van der Waals surface area contributed by atoms with E-state index in [-0.39, 0.29) is 29.8 Å². The number of nitro groups is 1. The van der Waals surface area contributed by atoms with Crippen LogP contribution in [0.5, 0.6) is 0 Å². The van der Waals surface area contributed by atoms with Gasteiger partial charge in [0.2, 0.25) is 0 Å². The van der Waals surface area contributed by atoms with E-state index < -0.39 is 10.9 Å². The van der Waals surface area contributed by atoms with E-state index in [9.17, 15) is 19.7 Å². The third-order valence-corrected chi connectivity index (χ3v) is 4.05. The molecular formula is C17H12BrN3O5. The zero-order valence-electron chi connectivity index (χ0n) is 13.3. The Morgan fingerprint density at radius 3 is 2.81 bits per heavy atom. The SMILES string of the molecule is O=C(Cc1ccccc1[N+](=O)[O-])OCc1cc(=O)n2cc(Br)ccc2n1. The number of halogens is 1. The fourth-order valence-electron chi connectivity index (χ4n) is 2.40. The predicted molar refractivity (Wildman–Crippen MR) is 95.8 cm³/mol. The zero-order valence-corrected chi connectivity index (χ0v) is 14.9. The Hall–Kier alpha value is -3.07. The van der Waals surface area contributed by atoms with Crippen molar-refractivity contribution in [3.05, 3.63) is 84.9 Å². The summed E-state index contributed by atoms with van der Waals surface area (Å²) >= 11 is 3.28. The molecule has 0 spiro atoms. The van der Waals surface area contributed by atoms with Crippen molar-refractivity contribution in [3.8, 4) is 0 Å². The first kappa shape index (κ1) is 17.7. The Kier molecular flexibility index (Phi) is 5.08. The number of aromatic nitrogens is 2.